The van der Waals surface area contributed by atoms with Gasteiger partial charge in [-0.05, 0) is 18.8 Å². The highest BCUT2D eigenvalue weighted by Gasteiger charge is 2.20. The Bertz CT molecular complexity index is 129. The van der Waals surface area contributed by atoms with E-state index in [0.717, 1.165) is 5.92 Å². The van der Waals surface area contributed by atoms with E-state index < -0.39 is 0 Å². The van der Waals surface area contributed by atoms with Gasteiger partial charge in [-0.25, -0.2) is 0 Å². The van der Waals surface area contributed by atoms with Crippen LogP contribution in [0.2, 0.25) is 0 Å². The minimum absolute atomic E-state index is 0.891. The summed E-state index contributed by atoms with van der Waals surface area (Å²) in [4.78, 5) is 2.28. The van der Waals surface area contributed by atoms with Gasteiger partial charge in [-0.3, -0.25) is 0 Å². The van der Waals surface area contributed by atoms with Crippen molar-refractivity contribution in [3.8, 4) is 0 Å². The third kappa shape index (κ3) is 1.53. The van der Waals surface area contributed by atoms with E-state index in [-0.39, 0.29) is 0 Å². The maximum absolute atomic E-state index is 3.99. The lowest BCUT2D eigenvalue weighted by Crippen LogP contribution is -2.12. The van der Waals surface area contributed by atoms with Gasteiger partial charge >= 0.3 is 0 Å². The second-order valence-corrected chi connectivity index (χ2v) is 3.31. The molecule has 0 aromatic rings. The molecule has 0 aromatic heterocycles. The summed E-state index contributed by atoms with van der Waals surface area (Å²) < 4.78 is 0. The van der Waals surface area contributed by atoms with Gasteiger partial charge in [0.1, 0.15) is 0 Å². The van der Waals surface area contributed by atoms with E-state index in [1.807, 2.05) is 0 Å². The lowest BCUT2D eigenvalue weighted by atomic mass is 10.0. The molecule has 58 valence electrons. The maximum atomic E-state index is 3.99. The molecule has 0 radical (unpaired) electrons. The van der Waals surface area contributed by atoms with E-state index in [4.69, 9.17) is 0 Å². The average molecular weight is 139 g/mol. The molecule has 1 rings (SSSR count). The molecule has 1 saturated heterocycles. The van der Waals surface area contributed by atoms with E-state index >= 15 is 0 Å². The number of hydrogen-bond acceptors (Lipinski definition) is 1. The van der Waals surface area contributed by atoms with Gasteiger partial charge in [0.25, 0.3) is 0 Å². The highest BCUT2D eigenvalue weighted by molar-refractivity contribution is 5.01. The number of allylic oxidation sites excluding steroid dienone is 1. The molecule has 0 aliphatic carbocycles. The molecule has 1 heterocycles. The Morgan fingerprint density at radius 2 is 2.40 bits per heavy atom. The summed E-state index contributed by atoms with van der Waals surface area (Å²) in [6, 6.07) is 0. The molecule has 0 amide bonds. The van der Waals surface area contributed by atoms with Crippen LogP contribution in [0.25, 0.3) is 0 Å². The lowest BCUT2D eigenvalue weighted by molar-refractivity contribution is 0.416. The minimum atomic E-state index is 0.891. The molecule has 0 N–H and O–H groups in total. The number of rotatable bonds is 2. The Balaban J connectivity index is 2.34. The highest BCUT2D eigenvalue weighted by atomic mass is 15.1. The molecular formula is C9H17N. The molecule has 0 spiro atoms. The van der Waals surface area contributed by atoms with Gasteiger partial charge in [-0.1, -0.05) is 19.9 Å². The first-order valence-electron chi connectivity index (χ1n) is 4.13. The van der Waals surface area contributed by atoms with Crippen molar-refractivity contribution in [3.63, 3.8) is 0 Å². The van der Waals surface area contributed by atoms with Gasteiger partial charge in [0.15, 0.2) is 0 Å². The first-order chi connectivity index (χ1) is 4.74. The Labute approximate surface area is 63.7 Å². The fourth-order valence-corrected chi connectivity index (χ4v) is 1.67. The molecule has 1 nitrogen and oxygen atoms in total. The summed E-state index contributed by atoms with van der Waals surface area (Å²) in [7, 11) is 2.14. The van der Waals surface area contributed by atoms with Crippen molar-refractivity contribution in [1.82, 2.24) is 4.90 Å². The van der Waals surface area contributed by atoms with Crippen LogP contribution in [-0.4, -0.2) is 18.5 Å². The zero-order chi connectivity index (χ0) is 7.56. The van der Waals surface area contributed by atoms with Crippen LogP contribution in [0.3, 0.4) is 0 Å². The van der Waals surface area contributed by atoms with Crippen LogP contribution >= 0.6 is 0 Å². The van der Waals surface area contributed by atoms with Crippen LogP contribution in [0.5, 0.6) is 0 Å². The van der Waals surface area contributed by atoms with Crippen molar-refractivity contribution in [2.45, 2.75) is 26.2 Å². The van der Waals surface area contributed by atoms with E-state index in [1.165, 1.54) is 31.5 Å². The fourth-order valence-electron chi connectivity index (χ4n) is 1.67. The average Bonchev–Trinajstić information content (AvgIpc) is 2.14. The van der Waals surface area contributed by atoms with Crippen molar-refractivity contribution in [2.24, 2.45) is 5.92 Å². The standard InChI is InChI=1S/C9H17N/c1-4-5-9-6-8(2)10(3)7-9/h9H,2,4-7H2,1,3H3. The normalized spacial score (nSPS) is 26.0. The molecule has 1 unspecified atom stereocenters. The van der Waals surface area contributed by atoms with E-state index in [2.05, 4.69) is 25.5 Å². The minimum Gasteiger partial charge on any atom is -0.378 e. The molecule has 1 heteroatoms. The molecule has 0 saturated carbocycles. The van der Waals surface area contributed by atoms with Gasteiger partial charge in [0, 0.05) is 19.3 Å². The number of nitrogens with zero attached hydrogens (tertiary/aromatic N) is 1. The molecule has 10 heavy (non-hydrogen) atoms. The molecule has 1 atom stereocenters. The summed E-state index contributed by atoms with van der Waals surface area (Å²) in [5.41, 5.74) is 1.32. The summed E-state index contributed by atoms with van der Waals surface area (Å²) in [5, 5.41) is 0. The third-order valence-electron chi connectivity index (χ3n) is 2.29. The zero-order valence-corrected chi connectivity index (χ0v) is 7.06. The molecule has 1 aliphatic heterocycles. The summed E-state index contributed by atoms with van der Waals surface area (Å²) in [6.45, 7) is 7.47. The highest BCUT2D eigenvalue weighted by Crippen LogP contribution is 2.26. The van der Waals surface area contributed by atoms with Crippen LogP contribution in [0.15, 0.2) is 12.3 Å². The predicted octanol–water partition coefficient (Wildman–Crippen LogP) is 2.25. The Hall–Kier alpha value is -0.460. The van der Waals surface area contributed by atoms with Crippen molar-refractivity contribution in [3.05, 3.63) is 12.3 Å². The maximum Gasteiger partial charge on any atom is 0.0203 e. The van der Waals surface area contributed by atoms with Gasteiger partial charge < -0.3 is 4.90 Å². The number of likely N-dealkylation sites (tertiary alicyclic amines) is 1. The molecular weight excluding hydrogens is 122 g/mol. The lowest BCUT2D eigenvalue weighted by Gasteiger charge is -2.10. The van der Waals surface area contributed by atoms with Crippen LogP contribution in [0.1, 0.15) is 26.2 Å². The smallest absolute Gasteiger partial charge is 0.0203 e. The topological polar surface area (TPSA) is 3.24 Å². The quantitative estimate of drug-likeness (QED) is 0.567. The van der Waals surface area contributed by atoms with Gasteiger partial charge in [-0.15, -0.1) is 0 Å². The Morgan fingerprint density at radius 1 is 1.70 bits per heavy atom. The Kier molecular flexibility index (Phi) is 2.36. The largest absolute Gasteiger partial charge is 0.378 e. The predicted molar refractivity (Wildman–Crippen MR) is 44.8 cm³/mol. The van der Waals surface area contributed by atoms with Crippen molar-refractivity contribution in [2.75, 3.05) is 13.6 Å². The summed E-state index contributed by atoms with van der Waals surface area (Å²) in [6.07, 6.45) is 3.90. The second-order valence-electron chi connectivity index (χ2n) is 3.31. The van der Waals surface area contributed by atoms with Crippen LogP contribution in [0.4, 0.5) is 0 Å². The summed E-state index contributed by atoms with van der Waals surface area (Å²) >= 11 is 0. The number of hydrogen-bond donors (Lipinski definition) is 0. The first-order valence-corrected chi connectivity index (χ1v) is 4.13. The summed E-state index contributed by atoms with van der Waals surface area (Å²) in [5.74, 6) is 0.891. The molecule has 0 aromatic carbocycles. The fraction of sp³-hybridized carbons (Fsp3) is 0.778. The van der Waals surface area contributed by atoms with Gasteiger partial charge in [0.05, 0.1) is 0 Å². The molecule has 0 bridgehead atoms. The van der Waals surface area contributed by atoms with E-state index in [1.54, 1.807) is 0 Å². The van der Waals surface area contributed by atoms with Crippen LogP contribution in [0, 0.1) is 5.92 Å². The zero-order valence-electron chi connectivity index (χ0n) is 7.06. The Morgan fingerprint density at radius 3 is 2.80 bits per heavy atom. The van der Waals surface area contributed by atoms with Crippen LogP contribution < -0.4 is 0 Å². The van der Waals surface area contributed by atoms with Crippen LogP contribution in [-0.2, 0) is 0 Å². The third-order valence-corrected chi connectivity index (χ3v) is 2.29. The van der Waals surface area contributed by atoms with Gasteiger partial charge in [0.2, 0.25) is 0 Å². The van der Waals surface area contributed by atoms with E-state index in [9.17, 15) is 0 Å². The van der Waals surface area contributed by atoms with Crippen molar-refractivity contribution >= 4 is 0 Å². The molecule has 1 fully saturated rings. The monoisotopic (exact) mass is 139 g/mol. The van der Waals surface area contributed by atoms with Crippen molar-refractivity contribution in [1.29, 1.82) is 0 Å². The molecule has 1 aliphatic rings. The van der Waals surface area contributed by atoms with Crippen molar-refractivity contribution < 1.29 is 0 Å². The van der Waals surface area contributed by atoms with Gasteiger partial charge in [-0.2, -0.15) is 0 Å². The second kappa shape index (κ2) is 3.09. The van der Waals surface area contributed by atoms with E-state index in [0.29, 0.717) is 0 Å². The SMILES string of the molecule is C=C1CC(CCC)CN1C. The first kappa shape index (κ1) is 7.64.